The maximum Gasteiger partial charge on any atom is 0.331 e. The Labute approximate surface area is 52.3 Å². The monoisotopic (exact) mass is 126 g/mol. The normalized spacial score (nSPS) is 26.1. The minimum Gasteiger partial charge on any atom is -0.451 e. The Bertz CT molecular complexity index is 181. The predicted molar refractivity (Wildman–Crippen MR) is 29.7 cm³/mol. The molecule has 0 aliphatic carbocycles. The zero-order valence-electron chi connectivity index (χ0n) is 4.96. The first-order chi connectivity index (χ1) is 4.20. The van der Waals surface area contributed by atoms with Gasteiger partial charge in [0.2, 0.25) is 0 Å². The molecule has 1 rings (SSSR count). The van der Waals surface area contributed by atoms with Gasteiger partial charge in [0, 0.05) is 6.08 Å². The van der Waals surface area contributed by atoms with Crippen molar-refractivity contribution in [2.75, 3.05) is 0 Å². The van der Waals surface area contributed by atoms with Gasteiger partial charge >= 0.3 is 5.97 Å². The zero-order chi connectivity index (χ0) is 6.85. The van der Waals surface area contributed by atoms with E-state index < -0.39 is 12.1 Å². The number of hydrogen-bond donors (Lipinski definition) is 0. The molecule has 1 aliphatic heterocycles. The van der Waals surface area contributed by atoms with Crippen molar-refractivity contribution in [3.05, 3.63) is 12.2 Å². The quantitative estimate of drug-likeness (QED) is 0.431. The molecule has 1 heterocycles. The van der Waals surface area contributed by atoms with E-state index in [1.54, 1.807) is 6.92 Å². The lowest BCUT2D eigenvalue weighted by Crippen LogP contribution is -2.25. The van der Waals surface area contributed by atoms with Crippen LogP contribution in [0, 0.1) is 0 Å². The van der Waals surface area contributed by atoms with Crippen molar-refractivity contribution in [2.24, 2.45) is 0 Å². The third kappa shape index (κ3) is 1.16. The lowest BCUT2D eigenvalue weighted by Gasteiger charge is -2.11. The van der Waals surface area contributed by atoms with Gasteiger partial charge in [0.1, 0.15) is 0 Å². The topological polar surface area (TPSA) is 43.4 Å². The molecule has 0 aromatic rings. The highest BCUT2D eigenvalue weighted by Crippen LogP contribution is 2.01. The Hall–Kier alpha value is -1.12. The van der Waals surface area contributed by atoms with E-state index in [-0.39, 0.29) is 5.78 Å². The highest BCUT2D eigenvalue weighted by atomic mass is 16.5. The fourth-order valence-electron chi connectivity index (χ4n) is 0.557. The Kier molecular flexibility index (Phi) is 1.34. The molecular formula is C6H6O3. The molecule has 0 fully saturated rings. The Morgan fingerprint density at radius 1 is 1.44 bits per heavy atom. The number of esters is 1. The van der Waals surface area contributed by atoms with E-state index >= 15 is 0 Å². The maximum atomic E-state index is 10.6. The number of hydrogen-bond acceptors (Lipinski definition) is 3. The molecule has 0 amide bonds. The van der Waals surface area contributed by atoms with E-state index in [9.17, 15) is 9.59 Å². The molecule has 1 aliphatic rings. The van der Waals surface area contributed by atoms with E-state index in [0.29, 0.717) is 0 Å². The SMILES string of the molecule is C[C@H]1OC(=O)C=CC1=O. The number of ketones is 1. The summed E-state index contributed by atoms with van der Waals surface area (Å²) in [6.07, 6.45) is 1.77. The minimum atomic E-state index is -0.595. The van der Waals surface area contributed by atoms with Gasteiger partial charge in [-0.2, -0.15) is 0 Å². The molecule has 0 aromatic carbocycles. The summed E-state index contributed by atoms with van der Waals surface area (Å²) in [4.78, 5) is 20.9. The summed E-state index contributed by atoms with van der Waals surface area (Å²) in [5.74, 6) is -0.600. The van der Waals surface area contributed by atoms with Crippen molar-refractivity contribution in [3.63, 3.8) is 0 Å². The van der Waals surface area contributed by atoms with E-state index in [1.807, 2.05) is 0 Å². The lowest BCUT2D eigenvalue weighted by molar-refractivity contribution is -0.149. The Balaban J connectivity index is 2.76. The second-order valence-electron chi connectivity index (χ2n) is 1.81. The molecule has 3 nitrogen and oxygen atoms in total. The van der Waals surface area contributed by atoms with Crippen LogP contribution in [-0.2, 0) is 14.3 Å². The van der Waals surface area contributed by atoms with Crippen molar-refractivity contribution >= 4 is 11.8 Å². The van der Waals surface area contributed by atoms with Crippen LogP contribution in [0.2, 0.25) is 0 Å². The first-order valence-electron chi connectivity index (χ1n) is 2.62. The van der Waals surface area contributed by atoms with Crippen LogP contribution >= 0.6 is 0 Å². The van der Waals surface area contributed by atoms with Crippen LogP contribution in [0.25, 0.3) is 0 Å². The van der Waals surface area contributed by atoms with Crippen molar-refractivity contribution in [1.29, 1.82) is 0 Å². The average molecular weight is 126 g/mol. The molecule has 9 heavy (non-hydrogen) atoms. The van der Waals surface area contributed by atoms with Gasteiger partial charge in [0.25, 0.3) is 0 Å². The van der Waals surface area contributed by atoms with Crippen molar-refractivity contribution in [1.82, 2.24) is 0 Å². The van der Waals surface area contributed by atoms with Crippen molar-refractivity contribution < 1.29 is 14.3 Å². The van der Waals surface area contributed by atoms with Crippen LogP contribution < -0.4 is 0 Å². The van der Waals surface area contributed by atoms with E-state index in [4.69, 9.17) is 0 Å². The third-order valence-corrected chi connectivity index (χ3v) is 1.08. The molecule has 0 saturated carbocycles. The second-order valence-corrected chi connectivity index (χ2v) is 1.81. The van der Waals surface area contributed by atoms with Crippen LogP contribution in [0.5, 0.6) is 0 Å². The number of rotatable bonds is 0. The Morgan fingerprint density at radius 2 is 2.11 bits per heavy atom. The van der Waals surface area contributed by atoms with Gasteiger partial charge in [-0.25, -0.2) is 4.79 Å². The molecule has 3 heteroatoms. The average Bonchev–Trinajstić information content (AvgIpc) is 1.80. The van der Waals surface area contributed by atoms with Gasteiger partial charge in [-0.1, -0.05) is 0 Å². The summed E-state index contributed by atoms with van der Waals surface area (Å²) < 4.78 is 4.52. The summed E-state index contributed by atoms with van der Waals surface area (Å²) >= 11 is 0. The van der Waals surface area contributed by atoms with Crippen LogP contribution in [0.3, 0.4) is 0 Å². The minimum absolute atomic E-state index is 0.158. The maximum absolute atomic E-state index is 10.6. The van der Waals surface area contributed by atoms with Gasteiger partial charge < -0.3 is 4.74 Å². The van der Waals surface area contributed by atoms with Gasteiger partial charge in [0.15, 0.2) is 11.9 Å². The fraction of sp³-hybridized carbons (Fsp3) is 0.333. The molecule has 0 bridgehead atoms. The molecule has 0 saturated heterocycles. The van der Waals surface area contributed by atoms with E-state index in [2.05, 4.69) is 4.74 Å². The molecule has 0 spiro atoms. The van der Waals surface area contributed by atoms with E-state index in [1.165, 1.54) is 6.08 Å². The third-order valence-electron chi connectivity index (χ3n) is 1.08. The van der Waals surface area contributed by atoms with Crippen molar-refractivity contribution in [2.45, 2.75) is 13.0 Å². The highest BCUT2D eigenvalue weighted by Gasteiger charge is 2.18. The lowest BCUT2D eigenvalue weighted by atomic mass is 10.2. The van der Waals surface area contributed by atoms with Gasteiger partial charge in [-0.15, -0.1) is 0 Å². The van der Waals surface area contributed by atoms with Crippen LogP contribution in [0.4, 0.5) is 0 Å². The second kappa shape index (κ2) is 2.01. The summed E-state index contributed by atoms with van der Waals surface area (Å²) in [5, 5.41) is 0. The highest BCUT2D eigenvalue weighted by molar-refractivity contribution is 6.02. The predicted octanol–water partition coefficient (Wildman–Crippen LogP) is 0.0570. The summed E-state index contributed by atoms with van der Waals surface area (Å²) in [7, 11) is 0. The fourth-order valence-corrected chi connectivity index (χ4v) is 0.557. The first kappa shape index (κ1) is 6.01. The van der Waals surface area contributed by atoms with Crippen molar-refractivity contribution in [3.8, 4) is 0 Å². The number of carbonyl (C=O) groups excluding carboxylic acids is 2. The summed E-state index contributed by atoms with van der Waals surface area (Å²) in [5.41, 5.74) is 0. The zero-order valence-corrected chi connectivity index (χ0v) is 4.96. The largest absolute Gasteiger partial charge is 0.451 e. The Morgan fingerprint density at radius 3 is 2.56 bits per heavy atom. The molecule has 0 N–H and O–H groups in total. The summed E-state index contributed by atoms with van der Waals surface area (Å²) in [6.45, 7) is 1.55. The van der Waals surface area contributed by atoms with Crippen LogP contribution in [0.15, 0.2) is 12.2 Å². The molecule has 0 aromatic heterocycles. The van der Waals surface area contributed by atoms with E-state index in [0.717, 1.165) is 6.08 Å². The van der Waals surface area contributed by atoms with Gasteiger partial charge in [-0.3, -0.25) is 4.79 Å². The summed E-state index contributed by atoms with van der Waals surface area (Å²) in [6, 6.07) is 0. The molecule has 0 radical (unpaired) electrons. The van der Waals surface area contributed by atoms with Crippen LogP contribution in [-0.4, -0.2) is 17.9 Å². The standard InChI is InChI=1S/C6H6O3/c1-4-5(7)2-3-6(8)9-4/h2-4H,1H3/t4-/m1/s1. The van der Waals surface area contributed by atoms with Crippen LogP contribution in [0.1, 0.15) is 6.92 Å². The first-order valence-corrected chi connectivity index (χ1v) is 2.62. The molecule has 0 unspecified atom stereocenters. The number of carbonyl (C=O) groups is 2. The van der Waals surface area contributed by atoms with Gasteiger partial charge in [0.05, 0.1) is 0 Å². The van der Waals surface area contributed by atoms with Gasteiger partial charge in [-0.05, 0) is 13.0 Å². The number of ether oxygens (including phenoxy) is 1. The smallest absolute Gasteiger partial charge is 0.331 e. The molecule has 48 valence electrons. The number of cyclic esters (lactones) is 1. The molecular weight excluding hydrogens is 120 g/mol. The molecule has 1 atom stereocenters.